The SMILES string of the molecule is Cc1cc(-[n+]2cc3ccccc3cc2C)c(C)c(-[n+]2c(C)ccc3ccccc32)c1. The molecule has 0 saturated carbocycles. The highest BCUT2D eigenvalue weighted by atomic mass is 15.0. The maximum Gasteiger partial charge on any atom is 0.221 e. The van der Waals surface area contributed by atoms with E-state index < -0.39 is 0 Å². The van der Waals surface area contributed by atoms with Gasteiger partial charge in [-0.3, -0.25) is 0 Å². The molecule has 0 aliphatic carbocycles. The van der Waals surface area contributed by atoms with Gasteiger partial charge >= 0.3 is 0 Å². The molecule has 0 bridgehead atoms. The van der Waals surface area contributed by atoms with Crippen LogP contribution < -0.4 is 9.13 Å². The molecule has 0 spiro atoms. The zero-order chi connectivity index (χ0) is 20.8. The smallest absolute Gasteiger partial charge is 0.164 e. The van der Waals surface area contributed by atoms with Crippen molar-refractivity contribution in [2.24, 2.45) is 0 Å². The summed E-state index contributed by atoms with van der Waals surface area (Å²) < 4.78 is 4.72. The molecule has 0 saturated heterocycles. The quantitative estimate of drug-likeness (QED) is 0.338. The van der Waals surface area contributed by atoms with Crippen LogP contribution in [0.5, 0.6) is 0 Å². The third-order valence-electron chi connectivity index (χ3n) is 6.04. The molecule has 2 aromatic heterocycles. The van der Waals surface area contributed by atoms with Crippen molar-refractivity contribution in [1.29, 1.82) is 0 Å². The number of pyridine rings is 2. The Labute approximate surface area is 177 Å². The Bertz CT molecular complexity index is 1430. The lowest BCUT2D eigenvalue weighted by molar-refractivity contribution is -0.604. The fraction of sp³-hybridized carbons (Fsp3) is 0.143. The fourth-order valence-electron chi connectivity index (χ4n) is 4.48. The van der Waals surface area contributed by atoms with Gasteiger partial charge < -0.3 is 0 Å². The average molecular weight is 391 g/mol. The summed E-state index contributed by atoms with van der Waals surface area (Å²) >= 11 is 0. The first kappa shape index (κ1) is 18.5. The maximum atomic E-state index is 2.39. The topological polar surface area (TPSA) is 7.76 Å². The molecule has 0 N–H and O–H groups in total. The van der Waals surface area contributed by atoms with E-state index in [0.717, 1.165) is 0 Å². The van der Waals surface area contributed by atoms with Crippen LogP contribution in [-0.4, -0.2) is 0 Å². The van der Waals surface area contributed by atoms with Crippen LogP contribution in [0.15, 0.2) is 85.1 Å². The van der Waals surface area contributed by atoms with Crippen molar-refractivity contribution < 1.29 is 9.13 Å². The van der Waals surface area contributed by atoms with Crippen LogP contribution >= 0.6 is 0 Å². The average Bonchev–Trinajstić information content (AvgIpc) is 2.75. The van der Waals surface area contributed by atoms with Crippen molar-refractivity contribution in [1.82, 2.24) is 0 Å². The van der Waals surface area contributed by atoms with E-state index in [1.54, 1.807) is 0 Å². The minimum absolute atomic E-state index is 1.23. The van der Waals surface area contributed by atoms with Gasteiger partial charge in [-0.05, 0) is 43.0 Å². The number of aryl methyl sites for hydroxylation is 3. The molecule has 146 valence electrons. The summed E-state index contributed by atoms with van der Waals surface area (Å²) in [6, 6.07) is 28.4. The standard InChI is InChI=1S/C28H26N2/c1-19-15-27(29-18-25-11-6-5-10-24(25)17-21(29)3)22(4)28(16-19)30-20(2)13-14-23-9-7-8-12-26(23)30/h5-18H,1-4H3/q+2. The molecule has 0 unspecified atom stereocenters. The first-order valence-corrected chi connectivity index (χ1v) is 10.5. The number of nitrogens with zero attached hydrogens (tertiary/aromatic N) is 2. The second-order valence-corrected chi connectivity index (χ2v) is 8.21. The molecule has 3 aromatic carbocycles. The Morgan fingerprint density at radius 2 is 1.23 bits per heavy atom. The van der Waals surface area contributed by atoms with Crippen molar-refractivity contribution in [3.8, 4) is 11.4 Å². The van der Waals surface area contributed by atoms with Crippen LogP contribution in [0.2, 0.25) is 0 Å². The van der Waals surface area contributed by atoms with Crippen LogP contribution in [0.25, 0.3) is 33.1 Å². The van der Waals surface area contributed by atoms with Gasteiger partial charge in [-0.15, -0.1) is 0 Å². The summed E-state index contributed by atoms with van der Waals surface area (Å²) in [5.41, 5.74) is 8.69. The van der Waals surface area contributed by atoms with Crippen LogP contribution in [0.3, 0.4) is 0 Å². The first-order chi connectivity index (χ1) is 14.5. The lowest BCUT2D eigenvalue weighted by atomic mass is 10.0. The van der Waals surface area contributed by atoms with E-state index in [0.29, 0.717) is 0 Å². The van der Waals surface area contributed by atoms with E-state index in [2.05, 4.69) is 122 Å². The van der Waals surface area contributed by atoms with Gasteiger partial charge in [0.1, 0.15) is 0 Å². The van der Waals surface area contributed by atoms with E-state index in [9.17, 15) is 0 Å². The summed E-state index contributed by atoms with van der Waals surface area (Å²) in [5, 5.41) is 3.77. The predicted octanol–water partition coefficient (Wildman–Crippen LogP) is 5.78. The van der Waals surface area contributed by atoms with Crippen molar-refractivity contribution in [3.63, 3.8) is 0 Å². The number of fused-ring (bicyclic) bond motifs is 2. The molecule has 0 atom stereocenters. The number of aromatic nitrogens is 2. The maximum absolute atomic E-state index is 2.39. The molecule has 30 heavy (non-hydrogen) atoms. The van der Waals surface area contributed by atoms with Gasteiger partial charge in [0.15, 0.2) is 17.6 Å². The molecule has 5 rings (SSSR count). The highest BCUT2D eigenvalue weighted by Crippen LogP contribution is 2.22. The number of rotatable bonds is 2. The van der Waals surface area contributed by atoms with Crippen molar-refractivity contribution in [2.45, 2.75) is 27.7 Å². The first-order valence-electron chi connectivity index (χ1n) is 10.5. The number of benzene rings is 3. The third kappa shape index (κ3) is 2.96. The van der Waals surface area contributed by atoms with Crippen LogP contribution in [0.1, 0.15) is 22.5 Å². The van der Waals surface area contributed by atoms with Crippen molar-refractivity contribution >= 4 is 21.7 Å². The number of hydrogen-bond donors (Lipinski definition) is 0. The summed E-state index contributed by atoms with van der Waals surface area (Å²) in [6.07, 6.45) is 2.26. The van der Waals surface area contributed by atoms with Crippen molar-refractivity contribution in [3.05, 3.63) is 108 Å². The Kier molecular flexibility index (Phi) is 4.36. The fourth-order valence-corrected chi connectivity index (χ4v) is 4.48. The molecule has 2 heterocycles. The zero-order valence-electron chi connectivity index (χ0n) is 18.0. The van der Waals surface area contributed by atoms with E-state index >= 15 is 0 Å². The van der Waals surface area contributed by atoms with Gasteiger partial charge in [-0.1, -0.05) is 30.3 Å². The minimum Gasteiger partial charge on any atom is -0.164 e. The second kappa shape index (κ2) is 7.07. The molecule has 0 aliphatic rings. The number of para-hydroxylation sites is 1. The molecule has 0 aliphatic heterocycles. The van der Waals surface area contributed by atoms with E-state index in [1.807, 2.05) is 0 Å². The molecule has 2 heteroatoms. The van der Waals surface area contributed by atoms with Crippen molar-refractivity contribution in [2.75, 3.05) is 0 Å². The molecule has 0 amide bonds. The highest BCUT2D eigenvalue weighted by Gasteiger charge is 2.25. The lowest BCUT2D eigenvalue weighted by Gasteiger charge is -2.10. The summed E-state index contributed by atoms with van der Waals surface area (Å²) in [6.45, 7) is 8.79. The largest absolute Gasteiger partial charge is 0.221 e. The van der Waals surface area contributed by atoms with Gasteiger partial charge in [0.2, 0.25) is 16.9 Å². The normalized spacial score (nSPS) is 11.3. The van der Waals surface area contributed by atoms with Crippen LogP contribution in [0.4, 0.5) is 0 Å². The monoisotopic (exact) mass is 390 g/mol. The minimum atomic E-state index is 1.23. The summed E-state index contributed by atoms with van der Waals surface area (Å²) in [5.74, 6) is 0. The predicted molar refractivity (Wildman–Crippen MR) is 123 cm³/mol. The second-order valence-electron chi connectivity index (χ2n) is 8.21. The Balaban J connectivity index is 1.82. The Morgan fingerprint density at radius 1 is 0.567 bits per heavy atom. The zero-order valence-corrected chi connectivity index (χ0v) is 18.0. The van der Waals surface area contributed by atoms with E-state index in [-0.39, 0.29) is 0 Å². The van der Waals surface area contributed by atoms with E-state index in [1.165, 1.54) is 55.6 Å². The molecular formula is C28H26N2+2. The summed E-state index contributed by atoms with van der Waals surface area (Å²) in [4.78, 5) is 0. The molecule has 0 radical (unpaired) electrons. The molecule has 0 fully saturated rings. The van der Waals surface area contributed by atoms with Gasteiger partial charge in [0.05, 0.1) is 5.56 Å². The van der Waals surface area contributed by atoms with Gasteiger partial charge in [-0.25, -0.2) is 0 Å². The van der Waals surface area contributed by atoms with Gasteiger partial charge in [-0.2, -0.15) is 9.13 Å². The van der Waals surface area contributed by atoms with Crippen LogP contribution in [-0.2, 0) is 0 Å². The molecule has 2 nitrogen and oxygen atoms in total. The van der Waals surface area contributed by atoms with Gasteiger partial charge in [0, 0.05) is 55.0 Å². The molecular weight excluding hydrogens is 364 g/mol. The Morgan fingerprint density at radius 3 is 2.03 bits per heavy atom. The van der Waals surface area contributed by atoms with Gasteiger partial charge in [0.25, 0.3) is 0 Å². The highest BCUT2D eigenvalue weighted by molar-refractivity contribution is 5.81. The van der Waals surface area contributed by atoms with E-state index in [4.69, 9.17) is 0 Å². The van der Waals surface area contributed by atoms with Crippen LogP contribution in [0, 0.1) is 27.7 Å². The lowest BCUT2D eigenvalue weighted by Crippen LogP contribution is -2.40. The third-order valence-corrected chi connectivity index (χ3v) is 6.04. The number of hydrogen-bond acceptors (Lipinski definition) is 0. The molecule has 5 aromatic rings. The summed E-state index contributed by atoms with van der Waals surface area (Å²) in [7, 11) is 0. The Hall–Kier alpha value is -3.52.